The summed E-state index contributed by atoms with van der Waals surface area (Å²) in [4.78, 5) is 24.9. The first-order valence-corrected chi connectivity index (χ1v) is 8.67. The molecular weight excluding hydrogens is 308 g/mol. The van der Waals surface area contributed by atoms with Gasteiger partial charge in [-0.05, 0) is 38.2 Å². The molecule has 0 N–H and O–H groups in total. The molecule has 1 saturated heterocycles. The first kappa shape index (κ1) is 18.4. The molecule has 2 unspecified atom stereocenters. The molecule has 6 nitrogen and oxygen atoms in total. The molecule has 1 aromatic carbocycles. The van der Waals surface area contributed by atoms with Gasteiger partial charge in [-0.25, -0.2) is 4.79 Å². The van der Waals surface area contributed by atoms with Crippen LogP contribution in [0.4, 0.5) is 5.69 Å². The van der Waals surface area contributed by atoms with Crippen LogP contribution in [0, 0.1) is 16.0 Å². The Labute approximate surface area is 142 Å². The maximum Gasteiger partial charge on any atom is 0.345 e. The number of likely N-dealkylation sites (tertiary alicyclic amines) is 1. The largest absolute Gasteiger partial charge is 0.462 e. The van der Waals surface area contributed by atoms with E-state index in [1.165, 1.54) is 37.5 Å². The van der Waals surface area contributed by atoms with Crippen LogP contribution >= 0.6 is 0 Å². The maximum atomic E-state index is 12.0. The van der Waals surface area contributed by atoms with Gasteiger partial charge in [-0.3, -0.25) is 10.1 Å². The summed E-state index contributed by atoms with van der Waals surface area (Å²) in [5, 5.41) is 10.9. The van der Waals surface area contributed by atoms with Crippen LogP contribution in [0.1, 0.15) is 49.9 Å². The van der Waals surface area contributed by atoms with Crippen LogP contribution in [0.2, 0.25) is 0 Å². The van der Waals surface area contributed by atoms with Crippen molar-refractivity contribution in [3.8, 4) is 0 Å². The highest BCUT2D eigenvalue weighted by atomic mass is 16.6. The van der Waals surface area contributed by atoms with Crippen LogP contribution in [0.5, 0.6) is 0 Å². The highest BCUT2D eigenvalue weighted by molar-refractivity contribution is 5.93. The Balaban J connectivity index is 1.80. The number of carbonyl (C=O) groups excluding carboxylic acids is 1. The van der Waals surface area contributed by atoms with Gasteiger partial charge in [0.15, 0.2) is 0 Å². The lowest BCUT2D eigenvalue weighted by atomic mass is 9.91. The zero-order chi connectivity index (χ0) is 17.5. The van der Waals surface area contributed by atoms with E-state index in [0.717, 1.165) is 25.4 Å². The number of hydrogen-bond acceptors (Lipinski definition) is 5. The van der Waals surface area contributed by atoms with Crippen molar-refractivity contribution in [2.24, 2.45) is 5.92 Å². The van der Waals surface area contributed by atoms with Gasteiger partial charge < -0.3 is 9.64 Å². The van der Waals surface area contributed by atoms with Gasteiger partial charge >= 0.3 is 5.97 Å². The fourth-order valence-corrected chi connectivity index (χ4v) is 3.22. The molecule has 1 aliphatic heterocycles. The number of nitro groups is 1. The van der Waals surface area contributed by atoms with Crippen molar-refractivity contribution >= 4 is 11.7 Å². The number of ether oxygens (including phenoxy) is 1. The first-order valence-electron chi connectivity index (χ1n) is 8.67. The topological polar surface area (TPSA) is 72.7 Å². The predicted molar refractivity (Wildman–Crippen MR) is 92.0 cm³/mol. The molecule has 24 heavy (non-hydrogen) atoms. The predicted octanol–water partition coefficient (Wildman–Crippen LogP) is 3.65. The van der Waals surface area contributed by atoms with Crippen LogP contribution in [0.25, 0.3) is 0 Å². The number of rotatable bonds is 7. The quantitative estimate of drug-likeness (QED) is 0.329. The monoisotopic (exact) mass is 334 g/mol. The van der Waals surface area contributed by atoms with Crippen LogP contribution in [-0.2, 0) is 4.74 Å². The van der Waals surface area contributed by atoms with Gasteiger partial charge in [-0.2, -0.15) is 0 Å². The van der Waals surface area contributed by atoms with E-state index in [9.17, 15) is 14.9 Å². The lowest BCUT2D eigenvalue weighted by Gasteiger charge is -2.37. The fourth-order valence-electron chi connectivity index (χ4n) is 3.22. The number of nitrogens with zero attached hydrogens (tertiary/aromatic N) is 2. The number of hydrogen-bond donors (Lipinski definition) is 0. The van der Waals surface area contributed by atoms with Crippen molar-refractivity contribution in [2.75, 3.05) is 19.7 Å². The Hall–Kier alpha value is -1.95. The molecule has 0 bridgehead atoms. The highest BCUT2D eigenvalue weighted by Gasteiger charge is 2.24. The molecule has 0 aromatic heterocycles. The molecule has 0 radical (unpaired) electrons. The third-order valence-electron chi connectivity index (χ3n) is 4.83. The van der Waals surface area contributed by atoms with Crippen LogP contribution in [0.15, 0.2) is 24.3 Å². The number of piperidine rings is 1. The van der Waals surface area contributed by atoms with E-state index in [0.29, 0.717) is 6.04 Å². The minimum atomic E-state index is -0.625. The molecular formula is C18H26N2O4. The first-order chi connectivity index (χ1) is 11.5. The van der Waals surface area contributed by atoms with Gasteiger partial charge in [-0.1, -0.05) is 25.5 Å². The summed E-state index contributed by atoms with van der Waals surface area (Å²) in [7, 11) is 0. The normalized spacial score (nSPS) is 21.4. The standard InChI is InChI=1S/C18H26N2O4/c1-3-15-10-9-14(2)19(13-15)11-6-12-24-18(21)16-7-4-5-8-17(16)20(22)23/h4-5,7-8,14-15H,3,6,9-13H2,1-2H3. The molecule has 2 rings (SSSR count). The summed E-state index contributed by atoms with van der Waals surface area (Å²) in [6.07, 6.45) is 4.46. The summed E-state index contributed by atoms with van der Waals surface area (Å²) in [6.45, 7) is 6.75. The second-order valence-corrected chi connectivity index (χ2v) is 6.46. The van der Waals surface area contributed by atoms with E-state index < -0.39 is 10.9 Å². The number of esters is 1. The number of para-hydroxylation sites is 1. The van der Waals surface area contributed by atoms with Crippen molar-refractivity contribution in [1.29, 1.82) is 0 Å². The molecule has 6 heteroatoms. The molecule has 0 spiro atoms. The van der Waals surface area contributed by atoms with Crippen molar-refractivity contribution in [3.63, 3.8) is 0 Å². The molecule has 0 aliphatic carbocycles. The highest BCUT2D eigenvalue weighted by Crippen LogP contribution is 2.24. The molecule has 0 saturated carbocycles. The van der Waals surface area contributed by atoms with E-state index in [1.54, 1.807) is 6.07 Å². The minimum Gasteiger partial charge on any atom is -0.462 e. The van der Waals surface area contributed by atoms with Gasteiger partial charge in [0.1, 0.15) is 5.56 Å². The smallest absolute Gasteiger partial charge is 0.345 e. The molecule has 132 valence electrons. The third kappa shape index (κ3) is 4.77. The Morgan fingerprint density at radius 2 is 2.12 bits per heavy atom. The van der Waals surface area contributed by atoms with Crippen molar-refractivity contribution in [1.82, 2.24) is 4.90 Å². The molecule has 0 amide bonds. The van der Waals surface area contributed by atoms with Crippen molar-refractivity contribution in [3.05, 3.63) is 39.9 Å². The van der Waals surface area contributed by atoms with Crippen molar-refractivity contribution < 1.29 is 14.5 Å². The summed E-state index contributed by atoms with van der Waals surface area (Å²) in [5.74, 6) is 0.135. The summed E-state index contributed by atoms with van der Waals surface area (Å²) < 4.78 is 5.23. The SMILES string of the molecule is CCC1CCC(C)N(CCCOC(=O)c2ccccc2[N+](=O)[O-])C1. The summed E-state index contributed by atoms with van der Waals surface area (Å²) >= 11 is 0. The van der Waals surface area contributed by atoms with Crippen LogP contribution in [0.3, 0.4) is 0 Å². The Bertz CT molecular complexity index is 576. The van der Waals surface area contributed by atoms with Gasteiger partial charge in [0, 0.05) is 25.2 Å². The molecule has 2 atom stereocenters. The average Bonchev–Trinajstić information content (AvgIpc) is 2.59. The van der Waals surface area contributed by atoms with Crippen molar-refractivity contribution in [2.45, 2.75) is 45.6 Å². The van der Waals surface area contributed by atoms with Gasteiger partial charge in [0.25, 0.3) is 5.69 Å². The zero-order valence-corrected chi connectivity index (χ0v) is 14.4. The fraction of sp³-hybridized carbons (Fsp3) is 0.611. The molecule has 1 aromatic rings. The van der Waals surface area contributed by atoms with E-state index in [2.05, 4.69) is 18.7 Å². The van der Waals surface area contributed by atoms with E-state index in [1.807, 2.05) is 0 Å². The Morgan fingerprint density at radius 1 is 1.38 bits per heavy atom. The van der Waals surface area contributed by atoms with Gasteiger partial charge in [0.2, 0.25) is 0 Å². The van der Waals surface area contributed by atoms with Crippen LogP contribution in [-0.4, -0.2) is 41.5 Å². The summed E-state index contributed by atoms with van der Waals surface area (Å²) in [5.41, 5.74) is -0.196. The number of benzene rings is 1. The molecule has 1 aliphatic rings. The minimum absolute atomic E-state index is 0.0138. The number of nitro benzene ring substituents is 1. The third-order valence-corrected chi connectivity index (χ3v) is 4.83. The lowest BCUT2D eigenvalue weighted by Crippen LogP contribution is -2.42. The molecule has 1 fully saturated rings. The van der Waals surface area contributed by atoms with Gasteiger partial charge in [-0.15, -0.1) is 0 Å². The maximum absolute atomic E-state index is 12.0. The summed E-state index contributed by atoms with van der Waals surface area (Å²) in [6, 6.07) is 6.45. The van der Waals surface area contributed by atoms with E-state index in [4.69, 9.17) is 4.74 Å². The second kappa shape index (κ2) is 8.78. The van der Waals surface area contributed by atoms with Gasteiger partial charge in [0.05, 0.1) is 11.5 Å². The lowest BCUT2D eigenvalue weighted by molar-refractivity contribution is -0.385. The Morgan fingerprint density at radius 3 is 2.83 bits per heavy atom. The second-order valence-electron chi connectivity index (χ2n) is 6.46. The number of carbonyl (C=O) groups is 1. The molecule has 1 heterocycles. The Kier molecular flexibility index (Phi) is 6.73. The van der Waals surface area contributed by atoms with E-state index in [-0.39, 0.29) is 17.9 Å². The zero-order valence-electron chi connectivity index (χ0n) is 14.4. The van der Waals surface area contributed by atoms with Crippen LogP contribution < -0.4 is 0 Å². The van der Waals surface area contributed by atoms with E-state index >= 15 is 0 Å². The average molecular weight is 334 g/mol.